The minimum Gasteiger partial charge on any atom is -0.310 e. The van der Waals surface area contributed by atoms with Crippen LogP contribution in [0.15, 0.2) is 285 Å². The lowest BCUT2D eigenvalue weighted by Crippen LogP contribution is -2.09. The third-order valence-corrected chi connectivity index (χ3v) is 15.6. The van der Waals surface area contributed by atoms with E-state index in [2.05, 4.69) is 287 Å². The van der Waals surface area contributed by atoms with Gasteiger partial charge in [0.1, 0.15) is 0 Å². The molecule has 0 bridgehead atoms. The summed E-state index contributed by atoms with van der Waals surface area (Å²) in [4.78, 5) is 14.3. The fraction of sp³-hybridized carbons (Fsp3) is 0.0137. The van der Waals surface area contributed by atoms with E-state index in [0.29, 0.717) is 0 Å². The van der Waals surface area contributed by atoms with E-state index >= 15 is 0 Å². The molecule has 15 aromatic rings. The van der Waals surface area contributed by atoms with Crippen molar-refractivity contribution in [1.82, 2.24) is 19.1 Å². The quantitative estimate of drug-likeness (QED) is 0.128. The van der Waals surface area contributed by atoms with Crippen molar-refractivity contribution in [2.75, 3.05) is 9.80 Å². The molecule has 0 aliphatic rings. The lowest BCUT2D eigenvalue weighted by atomic mass is 9.92. The molecule has 0 saturated heterocycles. The van der Waals surface area contributed by atoms with Gasteiger partial charge in [-0.15, -0.1) is 0 Å². The summed E-state index contributed by atoms with van der Waals surface area (Å²) in [6, 6.07) is 98.8. The van der Waals surface area contributed by atoms with E-state index in [9.17, 15) is 0 Å². The van der Waals surface area contributed by atoms with Gasteiger partial charge in [-0.25, -0.2) is 0 Å². The fourth-order valence-corrected chi connectivity index (χ4v) is 12.1. The largest absolute Gasteiger partial charge is 0.310 e. The average molecular weight is 1010 g/mol. The highest BCUT2D eigenvalue weighted by Crippen LogP contribution is 2.44. The van der Waals surface area contributed by atoms with Crippen molar-refractivity contribution in [3.63, 3.8) is 0 Å². The van der Waals surface area contributed by atoms with Crippen LogP contribution in [-0.2, 0) is 0 Å². The van der Waals surface area contributed by atoms with Crippen molar-refractivity contribution < 1.29 is 0 Å². The van der Waals surface area contributed by atoms with Crippen LogP contribution in [0.25, 0.3) is 99.0 Å². The van der Waals surface area contributed by atoms with Crippen LogP contribution in [0.5, 0.6) is 0 Å². The van der Waals surface area contributed by atoms with E-state index in [1.165, 1.54) is 32.7 Å². The van der Waals surface area contributed by atoms with Gasteiger partial charge in [0, 0.05) is 90.2 Å². The van der Waals surface area contributed by atoms with Crippen LogP contribution >= 0.6 is 0 Å². The summed E-state index contributed by atoms with van der Waals surface area (Å²) in [6.45, 7) is 2.23. The number of aryl methyl sites for hydroxylation is 1. The van der Waals surface area contributed by atoms with Gasteiger partial charge in [-0.2, -0.15) is 0 Å². The highest BCUT2D eigenvalue weighted by Gasteiger charge is 2.22. The summed E-state index contributed by atoms with van der Waals surface area (Å²) in [5.74, 6) is 0. The first-order valence-corrected chi connectivity index (χ1v) is 26.9. The molecule has 15 rings (SSSR count). The zero-order valence-electron chi connectivity index (χ0n) is 43.3. The Morgan fingerprint density at radius 2 is 0.734 bits per heavy atom. The summed E-state index contributed by atoms with van der Waals surface area (Å²) >= 11 is 0. The van der Waals surface area contributed by atoms with Crippen molar-refractivity contribution in [1.29, 1.82) is 0 Å². The molecule has 6 nitrogen and oxygen atoms in total. The Labute approximate surface area is 457 Å². The Kier molecular flexibility index (Phi) is 11.0. The molecule has 0 aliphatic heterocycles. The third-order valence-electron chi connectivity index (χ3n) is 15.6. The number of benzene rings is 11. The average Bonchev–Trinajstić information content (AvgIpc) is 4.08. The second-order valence-electron chi connectivity index (χ2n) is 20.3. The summed E-state index contributed by atoms with van der Waals surface area (Å²) in [5, 5.41) is 6.88. The molecule has 0 radical (unpaired) electrons. The molecular weight excluding hydrogens is 961 g/mol. The second-order valence-corrected chi connectivity index (χ2v) is 20.3. The standard InChI is InChI=1S/C73H50N6/c1-49-42-50(34-37-61(49)65-45-51-20-18-40-74-72(51)73-64(65)31-19-41-75-73)52-43-59(78-68-32-16-14-29-62(68)66-47-57(35-38-70(66)78)76(53-21-6-2-7-22-53)54-23-8-3-9-24-54)46-60(44-52)79-69-33-17-15-30-63(69)67-48-58(36-39-71(67)79)77(55-25-10-4-11-26-55)56-27-12-5-13-28-56/h2-48H,1H3. The molecule has 0 saturated carbocycles. The SMILES string of the molecule is Cc1cc(-c2cc(-n3c4ccccc4c4cc(N(c5ccccc5)c5ccccc5)ccc43)cc(-n3c4ccccc4c4cc(N(c5ccccc5)c5ccccc5)ccc43)c2)ccc1-c1cc2cccnc2c2ncccc12. The van der Waals surface area contributed by atoms with Gasteiger partial charge in [0.05, 0.1) is 33.1 Å². The summed E-state index contributed by atoms with van der Waals surface area (Å²) in [5.41, 5.74) is 20.8. The Balaban J connectivity index is 0.955. The van der Waals surface area contributed by atoms with E-state index in [4.69, 9.17) is 9.97 Å². The van der Waals surface area contributed by atoms with Crippen molar-refractivity contribution in [3.8, 4) is 33.6 Å². The van der Waals surface area contributed by atoms with Gasteiger partial charge in [0.15, 0.2) is 0 Å². The summed E-state index contributed by atoms with van der Waals surface area (Å²) < 4.78 is 4.92. The molecule has 0 N–H and O–H groups in total. The zero-order valence-corrected chi connectivity index (χ0v) is 43.3. The number of anilines is 6. The van der Waals surface area contributed by atoms with Gasteiger partial charge in [-0.3, -0.25) is 9.97 Å². The minimum atomic E-state index is 0.911. The number of hydrogen-bond acceptors (Lipinski definition) is 4. The number of rotatable bonds is 10. The Morgan fingerprint density at radius 3 is 1.24 bits per heavy atom. The van der Waals surface area contributed by atoms with Gasteiger partial charge in [-0.05, 0) is 168 Å². The van der Waals surface area contributed by atoms with Gasteiger partial charge in [0.2, 0.25) is 0 Å². The predicted molar refractivity (Wildman–Crippen MR) is 331 cm³/mol. The van der Waals surface area contributed by atoms with E-state index < -0.39 is 0 Å². The van der Waals surface area contributed by atoms with Crippen LogP contribution in [0.4, 0.5) is 34.1 Å². The Morgan fingerprint density at radius 1 is 0.291 bits per heavy atom. The summed E-state index contributed by atoms with van der Waals surface area (Å²) in [6.07, 6.45) is 3.71. The summed E-state index contributed by atoms with van der Waals surface area (Å²) in [7, 11) is 0. The lowest BCUT2D eigenvalue weighted by molar-refractivity contribution is 1.13. The second kappa shape index (κ2) is 18.9. The van der Waals surface area contributed by atoms with Crippen LogP contribution in [-0.4, -0.2) is 19.1 Å². The smallest absolute Gasteiger partial charge is 0.0970 e. The molecule has 372 valence electrons. The van der Waals surface area contributed by atoms with E-state index in [0.717, 1.165) is 106 Å². The number of fused-ring (bicyclic) bond motifs is 9. The van der Waals surface area contributed by atoms with Crippen LogP contribution in [0.2, 0.25) is 0 Å². The number of aromatic nitrogens is 4. The minimum absolute atomic E-state index is 0.911. The molecule has 0 unspecified atom stereocenters. The first kappa shape index (κ1) is 45.8. The Bertz CT molecular complexity index is 4500. The predicted octanol–water partition coefficient (Wildman–Crippen LogP) is 19.6. The van der Waals surface area contributed by atoms with E-state index in [1.54, 1.807) is 0 Å². The normalized spacial score (nSPS) is 11.6. The topological polar surface area (TPSA) is 42.1 Å². The molecule has 4 aromatic heterocycles. The molecule has 0 aliphatic carbocycles. The van der Waals surface area contributed by atoms with E-state index in [1.807, 2.05) is 24.5 Å². The first-order chi connectivity index (χ1) is 39.1. The molecule has 11 aromatic carbocycles. The maximum absolute atomic E-state index is 4.85. The number of hydrogen-bond donors (Lipinski definition) is 0. The third kappa shape index (κ3) is 7.80. The van der Waals surface area contributed by atoms with Crippen molar-refractivity contribution >= 4 is 99.5 Å². The number of para-hydroxylation sites is 6. The molecule has 0 spiro atoms. The van der Waals surface area contributed by atoms with Crippen LogP contribution in [0.1, 0.15) is 5.56 Å². The Hall–Kier alpha value is -10.6. The van der Waals surface area contributed by atoms with Gasteiger partial charge >= 0.3 is 0 Å². The maximum atomic E-state index is 4.85. The zero-order chi connectivity index (χ0) is 52.4. The van der Waals surface area contributed by atoms with Crippen molar-refractivity contribution in [2.45, 2.75) is 6.92 Å². The van der Waals surface area contributed by atoms with Crippen molar-refractivity contribution in [2.24, 2.45) is 0 Å². The highest BCUT2D eigenvalue weighted by molar-refractivity contribution is 6.13. The van der Waals surface area contributed by atoms with Gasteiger partial charge < -0.3 is 18.9 Å². The van der Waals surface area contributed by atoms with Gasteiger partial charge in [-0.1, -0.05) is 140 Å². The monoisotopic (exact) mass is 1010 g/mol. The van der Waals surface area contributed by atoms with Gasteiger partial charge in [0.25, 0.3) is 0 Å². The first-order valence-electron chi connectivity index (χ1n) is 26.9. The molecule has 4 heterocycles. The molecule has 0 fully saturated rings. The number of pyridine rings is 2. The molecular formula is C73H50N6. The van der Waals surface area contributed by atoms with Crippen LogP contribution < -0.4 is 9.80 Å². The van der Waals surface area contributed by atoms with E-state index in [-0.39, 0.29) is 0 Å². The maximum Gasteiger partial charge on any atom is 0.0970 e. The highest BCUT2D eigenvalue weighted by atomic mass is 15.1. The molecule has 0 atom stereocenters. The van der Waals surface area contributed by atoms with Crippen molar-refractivity contribution in [3.05, 3.63) is 291 Å². The number of nitrogens with zero attached hydrogens (tertiary/aromatic N) is 6. The van der Waals surface area contributed by atoms with Crippen LogP contribution in [0, 0.1) is 6.92 Å². The lowest BCUT2D eigenvalue weighted by Gasteiger charge is -2.25. The fourth-order valence-electron chi connectivity index (χ4n) is 12.1. The molecule has 6 heteroatoms. The molecule has 0 amide bonds. The molecule has 79 heavy (non-hydrogen) atoms. The van der Waals surface area contributed by atoms with Crippen LogP contribution in [0.3, 0.4) is 0 Å².